The average Bonchev–Trinajstić information content (AvgIpc) is 2.56. The molecule has 1 aliphatic rings. The van der Waals surface area contributed by atoms with E-state index in [9.17, 15) is 4.79 Å². The SMILES string of the molecule is COc1ccc(C(CNC(=O)CC2CCCCO2)N(C)C)cc1. The van der Waals surface area contributed by atoms with Gasteiger partial charge in [0, 0.05) is 13.2 Å². The van der Waals surface area contributed by atoms with Gasteiger partial charge in [-0.2, -0.15) is 0 Å². The molecule has 0 aromatic heterocycles. The second kappa shape index (κ2) is 8.89. The highest BCUT2D eigenvalue weighted by atomic mass is 16.5. The second-order valence-corrected chi connectivity index (χ2v) is 6.25. The van der Waals surface area contributed by atoms with Crippen LogP contribution in [0.3, 0.4) is 0 Å². The van der Waals surface area contributed by atoms with Crippen molar-refractivity contribution in [3.8, 4) is 5.75 Å². The molecule has 0 radical (unpaired) electrons. The Labute approximate surface area is 139 Å². The van der Waals surface area contributed by atoms with Crippen LogP contribution in [0.5, 0.6) is 5.75 Å². The standard InChI is InChI=1S/C18H28N2O3/c1-20(2)17(14-7-9-15(22-3)10-8-14)13-19-18(21)12-16-6-4-5-11-23-16/h7-10,16-17H,4-6,11-13H2,1-3H3,(H,19,21). The third kappa shape index (κ3) is 5.52. The number of carbonyl (C=O) groups excluding carboxylic acids is 1. The van der Waals surface area contributed by atoms with Gasteiger partial charge in [0.15, 0.2) is 0 Å². The normalized spacial score (nSPS) is 19.4. The third-order valence-electron chi connectivity index (χ3n) is 4.30. The molecule has 1 saturated heterocycles. The Morgan fingerprint density at radius 3 is 2.65 bits per heavy atom. The van der Waals surface area contributed by atoms with Crippen LogP contribution in [0.4, 0.5) is 0 Å². The van der Waals surface area contributed by atoms with Crippen LogP contribution in [0.25, 0.3) is 0 Å². The molecule has 1 aromatic rings. The molecule has 0 aliphatic carbocycles. The maximum atomic E-state index is 12.1. The van der Waals surface area contributed by atoms with Crippen molar-refractivity contribution >= 4 is 5.91 Å². The number of hydrogen-bond donors (Lipinski definition) is 1. The van der Waals surface area contributed by atoms with Gasteiger partial charge in [-0.25, -0.2) is 0 Å². The van der Waals surface area contributed by atoms with Crippen LogP contribution in [-0.2, 0) is 9.53 Å². The van der Waals surface area contributed by atoms with E-state index in [0.717, 1.165) is 37.2 Å². The summed E-state index contributed by atoms with van der Waals surface area (Å²) in [6.07, 6.45) is 3.80. The summed E-state index contributed by atoms with van der Waals surface area (Å²) in [5.74, 6) is 0.905. The largest absolute Gasteiger partial charge is 0.497 e. The molecule has 0 saturated carbocycles. The van der Waals surface area contributed by atoms with E-state index in [0.29, 0.717) is 13.0 Å². The molecule has 2 rings (SSSR count). The molecule has 128 valence electrons. The zero-order valence-corrected chi connectivity index (χ0v) is 14.4. The fourth-order valence-corrected chi connectivity index (χ4v) is 2.88. The quantitative estimate of drug-likeness (QED) is 0.838. The number of nitrogens with one attached hydrogen (secondary N) is 1. The van der Waals surface area contributed by atoms with Crippen molar-refractivity contribution in [3.05, 3.63) is 29.8 Å². The molecule has 1 amide bonds. The Hall–Kier alpha value is -1.59. The van der Waals surface area contributed by atoms with Crippen molar-refractivity contribution in [2.75, 3.05) is 34.4 Å². The fourth-order valence-electron chi connectivity index (χ4n) is 2.88. The van der Waals surface area contributed by atoms with Gasteiger partial charge < -0.3 is 19.7 Å². The van der Waals surface area contributed by atoms with Crippen molar-refractivity contribution in [2.24, 2.45) is 0 Å². The molecule has 0 spiro atoms. The number of rotatable bonds is 7. The summed E-state index contributed by atoms with van der Waals surface area (Å²) in [4.78, 5) is 14.3. The van der Waals surface area contributed by atoms with Crippen molar-refractivity contribution < 1.29 is 14.3 Å². The molecule has 2 unspecified atom stereocenters. The lowest BCUT2D eigenvalue weighted by molar-refractivity contribution is -0.125. The Morgan fingerprint density at radius 2 is 2.09 bits per heavy atom. The van der Waals surface area contributed by atoms with Gasteiger partial charge in [-0.05, 0) is 51.1 Å². The van der Waals surface area contributed by atoms with Gasteiger partial charge in [0.25, 0.3) is 0 Å². The van der Waals surface area contributed by atoms with E-state index in [2.05, 4.69) is 10.2 Å². The van der Waals surface area contributed by atoms with Gasteiger partial charge in [0.05, 0.1) is 25.7 Å². The van der Waals surface area contributed by atoms with E-state index in [1.807, 2.05) is 38.4 Å². The summed E-state index contributed by atoms with van der Waals surface area (Å²) >= 11 is 0. The number of nitrogens with zero attached hydrogens (tertiary/aromatic N) is 1. The molecule has 5 nitrogen and oxygen atoms in total. The van der Waals surface area contributed by atoms with E-state index in [4.69, 9.17) is 9.47 Å². The minimum atomic E-state index is 0.0669. The summed E-state index contributed by atoms with van der Waals surface area (Å²) in [7, 11) is 5.70. The highest BCUT2D eigenvalue weighted by Gasteiger charge is 2.19. The highest BCUT2D eigenvalue weighted by Crippen LogP contribution is 2.21. The van der Waals surface area contributed by atoms with Gasteiger partial charge in [-0.15, -0.1) is 0 Å². The average molecular weight is 320 g/mol. The topological polar surface area (TPSA) is 50.8 Å². The molecule has 1 heterocycles. The van der Waals surface area contributed by atoms with Crippen molar-refractivity contribution in [1.29, 1.82) is 0 Å². The van der Waals surface area contributed by atoms with Crippen LogP contribution < -0.4 is 10.1 Å². The number of ether oxygens (including phenoxy) is 2. The fraction of sp³-hybridized carbons (Fsp3) is 0.611. The summed E-state index contributed by atoms with van der Waals surface area (Å²) in [5.41, 5.74) is 1.16. The molecule has 5 heteroatoms. The van der Waals surface area contributed by atoms with Gasteiger partial charge in [0.1, 0.15) is 5.75 Å². The summed E-state index contributed by atoms with van der Waals surface area (Å²) in [6.45, 7) is 1.37. The number of methoxy groups -OCH3 is 1. The highest BCUT2D eigenvalue weighted by molar-refractivity contribution is 5.76. The lowest BCUT2D eigenvalue weighted by Gasteiger charge is -2.26. The molecule has 1 aliphatic heterocycles. The van der Waals surface area contributed by atoms with Crippen molar-refractivity contribution in [3.63, 3.8) is 0 Å². The Bertz CT molecular complexity index is 482. The molecule has 0 bridgehead atoms. The smallest absolute Gasteiger partial charge is 0.222 e. The number of amides is 1. The number of hydrogen-bond acceptors (Lipinski definition) is 4. The Kier molecular flexibility index (Phi) is 6.86. The third-order valence-corrected chi connectivity index (χ3v) is 4.30. The van der Waals surface area contributed by atoms with Crippen LogP contribution >= 0.6 is 0 Å². The molecule has 1 aromatic carbocycles. The maximum absolute atomic E-state index is 12.1. The first-order chi connectivity index (χ1) is 11.1. The minimum Gasteiger partial charge on any atom is -0.497 e. The minimum absolute atomic E-state index is 0.0669. The summed E-state index contributed by atoms with van der Waals surface area (Å²) in [6, 6.07) is 8.12. The van der Waals surface area contributed by atoms with E-state index in [1.165, 1.54) is 0 Å². The Balaban J connectivity index is 1.87. The maximum Gasteiger partial charge on any atom is 0.222 e. The zero-order valence-electron chi connectivity index (χ0n) is 14.4. The predicted octanol–water partition coefficient (Wildman–Crippen LogP) is 2.37. The van der Waals surface area contributed by atoms with E-state index >= 15 is 0 Å². The summed E-state index contributed by atoms with van der Waals surface area (Å²) in [5, 5.41) is 3.05. The predicted molar refractivity (Wildman–Crippen MR) is 90.6 cm³/mol. The van der Waals surface area contributed by atoms with Crippen LogP contribution in [-0.4, -0.2) is 51.3 Å². The van der Waals surface area contributed by atoms with Gasteiger partial charge >= 0.3 is 0 Å². The first kappa shape index (κ1) is 17.8. The summed E-state index contributed by atoms with van der Waals surface area (Å²) < 4.78 is 10.8. The zero-order chi connectivity index (χ0) is 16.7. The van der Waals surface area contributed by atoms with Gasteiger partial charge in [-0.3, -0.25) is 4.79 Å². The number of carbonyl (C=O) groups is 1. The number of likely N-dealkylation sites (N-methyl/N-ethyl adjacent to an activating group) is 1. The van der Waals surface area contributed by atoms with Crippen LogP contribution in [0.2, 0.25) is 0 Å². The van der Waals surface area contributed by atoms with Crippen LogP contribution in [0, 0.1) is 0 Å². The van der Waals surface area contributed by atoms with Crippen LogP contribution in [0.1, 0.15) is 37.3 Å². The first-order valence-electron chi connectivity index (χ1n) is 8.29. The van der Waals surface area contributed by atoms with Crippen molar-refractivity contribution in [1.82, 2.24) is 10.2 Å². The lowest BCUT2D eigenvalue weighted by Crippen LogP contribution is -2.36. The van der Waals surface area contributed by atoms with Gasteiger partial charge in [0.2, 0.25) is 5.91 Å². The molecule has 23 heavy (non-hydrogen) atoms. The molecular weight excluding hydrogens is 292 g/mol. The monoisotopic (exact) mass is 320 g/mol. The van der Waals surface area contributed by atoms with E-state index in [-0.39, 0.29) is 18.1 Å². The molecule has 1 fully saturated rings. The first-order valence-corrected chi connectivity index (χ1v) is 8.29. The molecule has 2 atom stereocenters. The second-order valence-electron chi connectivity index (χ2n) is 6.25. The molecule has 1 N–H and O–H groups in total. The number of benzene rings is 1. The van der Waals surface area contributed by atoms with Gasteiger partial charge in [-0.1, -0.05) is 12.1 Å². The van der Waals surface area contributed by atoms with E-state index in [1.54, 1.807) is 7.11 Å². The van der Waals surface area contributed by atoms with Crippen LogP contribution in [0.15, 0.2) is 24.3 Å². The van der Waals surface area contributed by atoms with E-state index < -0.39 is 0 Å². The van der Waals surface area contributed by atoms with Crippen molar-refractivity contribution in [2.45, 2.75) is 37.8 Å². The lowest BCUT2D eigenvalue weighted by atomic mass is 10.0. The Morgan fingerprint density at radius 1 is 1.35 bits per heavy atom. The molecular formula is C18H28N2O3.